The third kappa shape index (κ3) is 1.93. The molecule has 0 aromatic rings. The average molecular weight is 250 g/mol. The van der Waals surface area contributed by atoms with Gasteiger partial charge in [0.1, 0.15) is 6.29 Å². The lowest BCUT2D eigenvalue weighted by atomic mass is 9.50. The van der Waals surface area contributed by atoms with Gasteiger partial charge in [-0.05, 0) is 62.2 Å². The number of hydrogen-bond donors (Lipinski definition) is 0. The largest absolute Gasteiger partial charge is 0.366 e. The number of carbonyl (C=O) groups excluding carboxylic acids is 1. The number of hydrogen-bond acceptors (Lipinski definition) is 2. The van der Waals surface area contributed by atoms with E-state index in [1.165, 1.54) is 32.1 Å². The fourth-order valence-corrected chi connectivity index (χ4v) is 4.73. The molecule has 0 N–H and O–H groups in total. The number of carbonyl (C=O) groups is 1. The number of fused-ring (bicyclic) bond motifs is 2. The highest BCUT2D eigenvalue weighted by atomic mass is 16.6. The van der Waals surface area contributed by atoms with E-state index in [1.54, 1.807) is 0 Å². The molecule has 1 aliphatic heterocycles. The van der Waals surface area contributed by atoms with Crippen molar-refractivity contribution in [2.24, 2.45) is 23.2 Å². The molecule has 0 unspecified atom stereocenters. The number of aldehydes is 1. The maximum atomic E-state index is 10.9. The maximum Gasteiger partial charge on any atom is 0.120 e. The molecule has 3 fully saturated rings. The molecule has 2 heteroatoms. The topological polar surface area (TPSA) is 29.6 Å². The highest BCUT2D eigenvalue weighted by molar-refractivity contribution is 5.49. The summed E-state index contributed by atoms with van der Waals surface area (Å²) in [7, 11) is 0. The Hall–Kier alpha value is -0.370. The Kier molecular flexibility index (Phi) is 2.85. The molecule has 18 heavy (non-hydrogen) atoms. The summed E-state index contributed by atoms with van der Waals surface area (Å²) in [4.78, 5) is 10.9. The first-order valence-electron chi connectivity index (χ1n) is 7.58. The van der Waals surface area contributed by atoms with Crippen molar-refractivity contribution in [2.45, 2.75) is 71.0 Å². The minimum Gasteiger partial charge on any atom is -0.366 e. The predicted octanol–water partition coefficient (Wildman–Crippen LogP) is 3.59. The molecule has 0 radical (unpaired) electrons. The highest BCUT2D eigenvalue weighted by Gasteiger charge is 2.56. The van der Waals surface area contributed by atoms with Gasteiger partial charge < -0.3 is 9.53 Å². The van der Waals surface area contributed by atoms with E-state index in [2.05, 4.69) is 20.8 Å². The Balaban J connectivity index is 1.76. The molecule has 0 aromatic carbocycles. The van der Waals surface area contributed by atoms with Crippen molar-refractivity contribution >= 4 is 6.29 Å². The van der Waals surface area contributed by atoms with Crippen LogP contribution in [0.3, 0.4) is 0 Å². The lowest BCUT2D eigenvalue weighted by molar-refractivity contribution is -0.112. The lowest BCUT2D eigenvalue weighted by Gasteiger charge is -2.55. The third-order valence-electron chi connectivity index (χ3n) is 6.07. The van der Waals surface area contributed by atoms with E-state index in [-0.39, 0.29) is 5.60 Å². The number of epoxide rings is 1. The Morgan fingerprint density at radius 1 is 1.22 bits per heavy atom. The zero-order valence-corrected chi connectivity index (χ0v) is 11.9. The van der Waals surface area contributed by atoms with Gasteiger partial charge in [-0.1, -0.05) is 13.8 Å². The normalized spacial score (nSPS) is 49.7. The monoisotopic (exact) mass is 250 g/mol. The van der Waals surface area contributed by atoms with Crippen LogP contribution in [0.5, 0.6) is 0 Å². The summed E-state index contributed by atoms with van der Waals surface area (Å²) in [6.45, 7) is 7.08. The quantitative estimate of drug-likeness (QED) is 0.554. The van der Waals surface area contributed by atoms with Crippen LogP contribution in [0.25, 0.3) is 0 Å². The van der Waals surface area contributed by atoms with E-state index in [0.29, 0.717) is 17.4 Å². The molecular formula is C16H26O2. The first-order valence-corrected chi connectivity index (χ1v) is 7.58. The molecule has 0 amide bonds. The van der Waals surface area contributed by atoms with Crippen molar-refractivity contribution in [3.05, 3.63) is 0 Å². The molecule has 1 heterocycles. The van der Waals surface area contributed by atoms with Crippen molar-refractivity contribution in [1.82, 2.24) is 0 Å². The average Bonchev–Trinajstić information content (AvgIpc) is 2.92. The molecule has 2 nitrogen and oxygen atoms in total. The lowest BCUT2D eigenvalue weighted by Crippen LogP contribution is -2.47. The van der Waals surface area contributed by atoms with Gasteiger partial charge in [0.15, 0.2) is 0 Å². The molecule has 1 saturated heterocycles. The summed E-state index contributed by atoms with van der Waals surface area (Å²) >= 11 is 0. The molecule has 2 aliphatic carbocycles. The van der Waals surface area contributed by atoms with E-state index in [1.807, 2.05) is 0 Å². The van der Waals surface area contributed by atoms with Gasteiger partial charge in [-0.25, -0.2) is 0 Å². The van der Waals surface area contributed by atoms with Gasteiger partial charge in [-0.2, -0.15) is 0 Å². The molecule has 0 spiro atoms. The second-order valence-corrected chi connectivity index (χ2v) is 7.66. The van der Waals surface area contributed by atoms with E-state index >= 15 is 0 Å². The van der Waals surface area contributed by atoms with Crippen LogP contribution in [0.2, 0.25) is 0 Å². The summed E-state index contributed by atoms with van der Waals surface area (Å²) < 4.78 is 5.89. The van der Waals surface area contributed by atoms with Gasteiger partial charge in [-0.15, -0.1) is 0 Å². The van der Waals surface area contributed by atoms with Crippen LogP contribution in [0.15, 0.2) is 0 Å². The van der Waals surface area contributed by atoms with Crippen LogP contribution in [0.4, 0.5) is 0 Å². The molecule has 0 aromatic heterocycles. The SMILES string of the molecule is CC1(C)C[C@@H]2[C@H](CC=O)CC[C@@H]3O[C@]3(C)CC[C@H]21. The molecule has 3 aliphatic rings. The fourth-order valence-electron chi connectivity index (χ4n) is 4.73. The van der Waals surface area contributed by atoms with Crippen LogP contribution in [-0.4, -0.2) is 18.0 Å². The summed E-state index contributed by atoms with van der Waals surface area (Å²) in [6.07, 6.45) is 8.56. The number of ether oxygens (including phenoxy) is 1. The standard InChI is InChI=1S/C16H26O2/c1-15(2)10-12-11(7-9-17)4-5-14-16(3,18-14)8-6-13(12)15/h9,11-14H,4-8,10H2,1-3H3/t11-,12+,13+,14-,16+/m0/s1. The summed E-state index contributed by atoms with van der Waals surface area (Å²) in [5.41, 5.74) is 0.656. The van der Waals surface area contributed by atoms with E-state index < -0.39 is 0 Å². The van der Waals surface area contributed by atoms with Gasteiger partial charge in [0, 0.05) is 6.42 Å². The Morgan fingerprint density at radius 3 is 2.67 bits per heavy atom. The Labute approximate surface area is 110 Å². The van der Waals surface area contributed by atoms with Crippen molar-refractivity contribution in [2.75, 3.05) is 0 Å². The minimum atomic E-state index is 0.173. The second-order valence-electron chi connectivity index (χ2n) is 7.66. The van der Waals surface area contributed by atoms with Crippen molar-refractivity contribution in [3.8, 4) is 0 Å². The summed E-state index contributed by atoms with van der Waals surface area (Å²) in [6, 6.07) is 0. The highest BCUT2D eigenvalue weighted by Crippen LogP contribution is 2.60. The van der Waals surface area contributed by atoms with Crippen LogP contribution in [-0.2, 0) is 9.53 Å². The van der Waals surface area contributed by atoms with E-state index in [4.69, 9.17) is 4.74 Å². The smallest absolute Gasteiger partial charge is 0.120 e. The summed E-state index contributed by atoms with van der Waals surface area (Å²) in [5, 5.41) is 0. The fraction of sp³-hybridized carbons (Fsp3) is 0.938. The second kappa shape index (κ2) is 4.06. The first kappa shape index (κ1) is 12.7. The van der Waals surface area contributed by atoms with E-state index in [9.17, 15) is 4.79 Å². The van der Waals surface area contributed by atoms with Crippen LogP contribution >= 0.6 is 0 Å². The Bertz CT molecular complexity index is 349. The van der Waals surface area contributed by atoms with Crippen molar-refractivity contribution < 1.29 is 9.53 Å². The Morgan fingerprint density at radius 2 is 2.00 bits per heavy atom. The van der Waals surface area contributed by atoms with Crippen molar-refractivity contribution in [3.63, 3.8) is 0 Å². The molecule has 3 rings (SSSR count). The van der Waals surface area contributed by atoms with Gasteiger partial charge in [0.25, 0.3) is 0 Å². The molecule has 102 valence electrons. The van der Waals surface area contributed by atoms with E-state index in [0.717, 1.165) is 24.5 Å². The maximum absolute atomic E-state index is 10.9. The third-order valence-corrected chi connectivity index (χ3v) is 6.07. The van der Waals surface area contributed by atoms with Gasteiger partial charge in [-0.3, -0.25) is 0 Å². The van der Waals surface area contributed by atoms with Crippen molar-refractivity contribution in [1.29, 1.82) is 0 Å². The molecular weight excluding hydrogens is 224 g/mol. The molecule has 0 bridgehead atoms. The zero-order valence-electron chi connectivity index (χ0n) is 11.9. The number of rotatable bonds is 2. The first-order chi connectivity index (χ1) is 8.46. The predicted molar refractivity (Wildman–Crippen MR) is 71.3 cm³/mol. The van der Waals surface area contributed by atoms with Gasteiger partial charge in [0.2, 0.25) is 0 Å². The minimum absolute atomic E-state index is 0.173. The molecule has 2 saturated carbocycles. The zero-order chi connectivity index (χ0) is 13.0. The van der Waals surface area contributed by atoms with Crippen LogP contribution < -0.4 is 0 Å². The van der Waals surface area contributed by atoms with Crippen LogP contribution in [0, 0.1) is 23.2 Å². The summed E-state index contributed by atoms with van der Waals surface area (Å²) in [5.74, 6) is 2.22. The van der Waals surface area contributed by atoms with Crippen LogP contribution in [0.1, 0.15) is 59.3 Å². The van der Waals surface area contributed by atoms with Gasteiger partial charge >= 0.3 is 0 Å². The van der Waals surface area contributed by atoms with Gasteiger partial charge in [0.05, 0.1) is 11.7 Å². The molecule has 5 atom stereocenters.